The molecule has 132 valence electrons. The zero-order valence-electron chi connectivity index (χ0n) is 14.5. The molecule has 1 aromatic heterocycles. The zero-order valence-corrected chi connectivity index (χ0v) is 14.5. The number of nitrogens with zero attached hydrogens (tertiary/aromatic N) is 1. The first-order valence-corrected chi connectivity index (χ1v) is 8.79. The van der Waals surface area contributed by atoms with Crippen LogP contribution in [0.2, 0.25) is 0 Å². The van der Waals surface area contributed by atoms with Crippen LogP contribution in [0.4, 0.5) is 11.5 Å². The molecule has 6 heteroatoms. The molecule has 1 saturated heterocycles. The third kappa shape index (κ3) is 1.96. The van der Waals surface area contributed by atoms with Crippen molar-refractivity contribution < 1.29 is 14.1 Å². The topological polar surface area (TPSA) is 90.4 Å². The van der Waals surface area contributed by atoms with E-state index in [1.165, 1.54) is 0 Å². The number of amides is 1. The molecular weight excluding hydrogens is 330 g/mol. The Balaban J connectivity index is 1.67. The smallest absolute Gasteiger partial charge is 0.235 e. The molecule has 26 heavy (non-hydrogen) atoms. The second kappa shape index (κ2) is 5.32. The largest absolute Gasteiger partial charge is 0.381 e. The Kier molecular flexibility index (Phi) is 3.15. The molecule has 0 bridgehead atoms. The number of nitrogen functional groups attached to an aromatic ring is 1. The van der Waals surface area contributed by atoms with Gasteiger partial charge in [0.1, 0.15) is 0 Å². The summed E-state index contributed by atoms with van der Waals surface area (Å²) in [7, 11) is 0. The maximum atomic E-state index is 12.7. The summed E-state index contributed by atoms with van der Waals surface area (Å²) >= 11 is 0. The van der Waals surface area contributed by atoms with Crippen molar-refractivity contribution in [2.45, 2.75) is 25.2 Å². The SMILES string of the molecule is Cc1ccc2c(N)noc2c1-c1ccc2c(c1)NC(=O)C21CCOCC1. The Morgan fingerprint density at radius 1 is 1.19 bits per heavy atom. The van der Waals surface area contributed by atoms with Crippen LogP contribution in [0.1, 0.15) is 24.0 Å². The second-order valence-corrected chi connectivity index (χ2v) is 7.11. The van der Waals surface area contributed by atoms with E-state index in [2.05, 4.69) is 22.6 Å². The van der Waals surface area contributed by atoms with E-state index >= 15 is 0 Å². The van der Waals surface area contributed by atoms with Crippen LogP contribution in [0.15, 0.2) is 34.9 Å². The highest BCUT2D eigenvalue weighted by Crippen LogP contribution is 2.46. The summed E-state index contributed by atoms with van der Waals surface area (Å²) in [5, 5.41) is 7.77. The quantitative estimate of drug-likeness (QED) is 0.703. The molecule has 2 aliphatic rings. The van der Waals surface area contributed by atoms with E-state index in [1.54, 1.807) is 0 Å². The number of benzene rings is 2. The predicted octanol–water partition coefficient (Wildman–Crippen LogP) is 3.39. The van der Waals surface area contributed by atoms with Crippen LogP contribution in [-0.2, 0) is 14.9 Å². The third-order valence-corrected chi connectivity index (χ3v) is 5.73. The summed E-state index contributed by atoms with van der Waals surface area (Å²) in [6.07, 6.45) is 1.44. The number of fused-ring (bicyclic) bond motifs is 3. The van der Waals surface area contributed by atoms with Crippen LogP contribution in [0.5, 0.6) is 0 Å². The molecule has 6 nitrogen and oxygen atoms in total. The predicted molar refractivity (Wildman–Crippen MR) is 99.0 cm³/mol. The number of aryl methyl sites for hydroxylation is 1. The van der Waals surface area contributed by atoms with Crippen molar-refractivity contribution in [3.8, 4) is 11.1 Å². The number of anilines is 2. The number of hydrogen-bond donors (Lipinski definition) is 2. The van der Waals surface area contributed by atoms with Gasteiger partial charge in [-0.25, -0.2) is 0 Å². The molecule has 1 amide bonds. The van der Waals surface area contributed by atoms with Crippen LogP contribution in [0.25, 0.3) is 22.1 Å². The lowest BCUT2D eigenvalue weighted by Crippen LogP contribution is -2.39. The fraction of sp³-hybridized carbons (Fsp3) is 0.300. The highest BCUT2D eigenvalue weighted by atomic mass is 16.5. The van der Waals surface area contributed by atoms with Gasteiger partial charge in [-0.05, 0) is 48.6 Å². The van der Waals surface area contributed by atoms with Gasteiger partial charge in [-0.1, -0.05) is 23.4 Å². The summed E-state index contributed by atoms with van der Waals surface area (Å²) in [5.41, 5.74) is 11.1. The number of nitrogens with one attached hydrogen (secondary N) is 1. The van der Waals surface area contributed by atoms with Crippen molar-refractivity contribution >= 4 is 28.4 Å². The molecular formula is C20H19N3O3. The highest BCUT2D eigenvalue weighted by Gasteiger charge is 2.47. The van der Waals surface area contributed by atoms with Crippen LogP contribution in [0.3, 0.4) is 0 Å². The van der Waals surface area contributed by atoms with Gasteiger partial charge in [-0.2, -0.15) is 0 Å². The molecule has 0 radical (unpaired) electrons. The van der Waals surface area contributed by atoms with E-state index in [0.29, 0.717) is 24.6 Å². The van der Waals surface area contributed by atoms with E-state index in [9.17, 15) is 4.79 Å². The van der Waals surface area contributed by atoms with Gasteiger partial charge in [0.25, 0.3) is 0 Å². The summed E-state index contributed by atoms with van der Waals surface area (Å²) in [5.74, 6) is 0.462. The minimum absolute atomic E-state index is 0.0757. The summed E-state index contributed by atoms with van der Waals surface area (Å²) < 4.78 is 11.0. The maximum absolute atomic E-state index is 12.7. The molecule has 0 aliphatic carbocycles. The van der Waals surface area contributed by atoms with Gasteiger partial charge in [-0.3, -0.25) is 4.79 Å². The average molecular weight is 349 g/mol. The molecule has 3 N–H and O–H groups in total. The number of rotatable bonds is 1. The van der Waals surface area contributed by atoms with Gasteiger partial charge in [0, 0.05) is 24.5 Å². The molecule has 2 aromatic carbocycles. The molecule has 3 heterocycles. The molecule has 1 fully saturated rings. The standard InChI is InChI=1S/C20H19N3O3/c1-11-2-4-13-17(26-23-18(13)21)16(11)12-3-5-14-15(10-12)22-19(24)20(14)6-8-25-9-7-20/h2-5,10H,6-9H2,1H3,(H2,21,23)(H,22,24). The van der Waals surface area contributed by atoms with E-state index < -0.39 is 5.41 Å². The van der Waals surface area contributed by atoms with E-state index in [4.69, 9.17) is 15.0 Å². The summed E-state index contributed by atoms with van der Waals surface area (Å²) in [4.78, 5) is 12.7. The Hall–Kier alpha value is -2.86. The van der Waals surface area contributed by atoms with Crippen molar-refractivity contribution in [3.63, 3.8) is 0 Å². The fourth-order valence-corrected chi connectivity index (χ4v) is 4.28. The Labute approximate surface area is 150 Å². The lowest BCUT2D eigenvalue weighted by atomic mass is 9.75. The van der Waals surface area contributed by atoms with Crippen molar-refractivity contribution in [2.75, 3.05) is 24.3 Å². The van der Waals surface area contributed by atoms with Gasteiger partial charge >= 0.3 is 0 Å². The first-order valence-electron chi connectivity index (χ1n) is 8.79. The number of nitrogens with two attached hydrogens (primary N) is 1. The van der Waals surface area contributed by atoms with Gasteiger partial charge in [0.15, 0.2) is 11.4 Å². The Bertz CT molecular complexity index is 1050. The third-order valence-electron chi connectivity index (χ3n) is 5.73. The van der Waals surface area contributed by atoms with Crippen molar-refractivity contribution in [3.05, 3.63) is 41.5 Å². The molecule has 0 atom stereocenters. The number of carbonyl (C=O) groups is 1. The fourth-order valence-electron chi connectivity index (χ4n) is 4.28. The van der Waals surface area contributed by atoms with Crippen LogP contribution >= 0.6 is 0 Å². The Morgan fingerprint density at radius 2 is 2.00 bits per heavy atom. The van der Waals surface area contributed by atoms with E-state index in [-0.39, 0.29) is 5.91 Å². The lowest BCUT2D eigenvalue weighted by molar-refractivity contribution is -0.124. The van der Waals surface area contributed by atoms with Crippen LogP contribution in [0, 0.1) is 6.92 Å². The first-order chi connectivity index (χ1) is 12.6. The normalized spacial score (nSPS) is 18.3. The minimum Gasteiger partial charge on any atom is -0.381 e. The molecule has 5 rings (SSSR count). The van der Waals surface area contributed by atoms with E-state index in [0.717, 1.165) is 46.2 Å². The van der Waals surface area contributed by atoms with Gasteiger partial charge < -0.3 is 20.3 Å². The van der Waals surface area contributed by atoms with Crippen molar-refractivity contribution in [1.29, 1.82) is 0 Å². The minimum atomic E-state index is -0.455. The number of carbonyl (C=O) groups excluding carboxylic acids is 1. The van der Waals surface area contributed by atoms with Crippen molar-refractivity contribution in [1.82, 2.24) is 5.16 Å². The van der Waals surface area contributed by atoms with Crippen molar-refractivity contribution in [2.24, 2.45) is 0 Å². The van der Waals surface area contributed by atoms with Gasteiger partial charge in [0.05, 0.1) is 10.8 Å². The van der Waals surface area contributed by atoms with E-state index in [1.807, 2.05) is 25.1 Å². The maximum Gasteiger partial charge on any atom is 0.235 e. The lowest BCUT2D eigenvalue weighted by Gasteiger charge is -2.31. The molecule has 0 unspecified atom stereocenters. The summed E-state index contributed by atoms with van der Waals surface area (Å²) in [6.45, 7) is 3.26. The molecule has 3 aromatic rings. The highest BCUT2D eigenvalue weighted by molar-refractivity contribution is 6.07. The average Bonchev–Trinajstić information content (AvgIpc) is 3.14. The number of hydrogen-bond acceptors (Lipinski definition) is 5. The van der Waals surface area contributed by atoms with Crippen LogP contribution in [-0.4, -0.2) is 24.3 Å². The zero-order chi connectivity index (χ0) is 17.9. The number of ether oxygens (including phenoxy) is 1. The number of aromatic nitrogens is 1. The van der Waals surface area contributed by atoms with Crippen LogP contribution < -0.4 is 11.1 Å². The summed E-state index contributed by atoms with van der Waals surface area (Å²) in [6, 6.07) is 10.1. The first kappa shape index (κ1) is 15.4. The second-order valence-electron chi connectivity index (χ2n) is 7.11. The molecule has 1 spiro atoms. The Morgan fingerprint density at radius 3 is 2.81 bits per heavy atom. The van der Waals surface area contributed by atoms with Gasteiger partial charge in [-0.15, -0.1) is 0 Å². The monoisotopic (exact) mass is 349 g/mol. The molecule has 2 aliphatic heterocycles. The van der Waals surface area contributed by atoms with Gasteiger partial charge in [0.2, 0.25) is 5.91 Å². The molecule has 0 saturated carbocycles.